The minimum absolute atomic E-state index is 0.263. The van der Waals surface area contributed by atoms with Gasteiger partial charge in [-0.05, 0) is 72.9 Å². The summed E-state index contributed by atoms with van der Waals surface area (Å²) in [6.45, 7) is 10.7. The summed E-state index contributed by atoms with van der Waals surface area (Å²) < 4.78 is 10.6. The third-order valence-electron chi connectivity index (χ3n) is 5.12. The zero-order valence-corrected chi connectivity index (χ0v) is 23.3. The van der Waals surface area contributed by atoms with Gasteiger partial charge < -0.3 is 19.9 Å². The largest absolute Gasteiger partial charge is 0.480 e. The number of carbonyl (C=O) groups is 4. The Balaban J connectivity index is 2.03. The molecule has 1 heterocycles. The van der Waals surface area contributed by atoms with Crippen molar-refractivity contribution in [3.05, 3.63) is 24.3 Å². The molecule has 0 radical (unpaired) electrons. The fourth-order valence-electron chi connectivity index (χ4n) is 3.64. The van der Waals surface area contributed by atoms with Crippen LogP contribution in [0.25, 0.3) is 0 Å². The second-order valence-corrected chi connectivity index (χ2v) is 11.9. The van der Waals surface area contributed by atoms with Gasteiger partial charge in [0.2, 0.25) is 5.91 Å². The molecule has 0 bridgehead atoms. The summed E-state index contributed by atoms with van der Waals surface area (Å²) in [5, 5.41) is 15.4. The molecule has 0 aromatic heterocycles. The van der Waals surface area contributed by atoms with E-state index in [9.17, 15) is 24.3 Å². The molecule has 0 saturated heterocycles. The summed E-state index contributed by atoms with van der Waals surface area (Å²) >= 11 is 1.43. The Kier molecular flexibility index (Phi) is 10.8. The molecule has 0 aliphatic carbocycles. The molecule has 2 atom stereocenters. The van der Waals surface area contributed by atoms with E-state index in [1.54, 1.807) is 53.7 Å². The van der Waals surface area contributed by atoms with Crippen LogP contribution >= 0.6 is 11.8 Å². The highest BCUT2D eigenvalue weighted by atomic mass is 32.2. The Bertz CT molecular complexity index is 972. The number of benzene rings is 1. The molecular weight excluding hydrogens is 498 g/mol. The number of alkyl carbamates (subject to hydrolysis) is 1. The third-order valence-corrected chi connectivity index (χ3v) is 6.28. The molecule has 0 unspecified atom stereocenters. The number of amides is 2. The quantitative estimate of drug-likeness (QED) is 0.302. The maximum Gasteiger partial charge on any atom is 0.407 e. The summed E-state index contributed by atoms with van der Waals surface area (Å²) in [6, 6.07) is 5.47. The number of esters is 1. The van der Waals surface area contributed by atoms with Crippen LogP contribution in [0.1, 0.15) is 60.8 Å². The summed E-state index contributed by atoms with van der Waals surface area (Å²) in [5.74, 6) is -1.70. The highest BCUT2D eigenvalue weighted by molar-refractivity contribution is 7.99. The fourth-order valence-corrected chi connectivity index (χ4v) is 4.72. The summed E-state index contributed by atoms with van der Waals surface area (Å²) in [5.41, 5.74) is -0.708. The maximum atomic E-state index is 13.5. The normalized spacial score (nSPS) is 16.9. The maximum absolute atomic E-state index is 13.5. The van der Waals surface area contributed by atoms with E-state index in [0.717, 1.165) is 4.90 Å². The van der Waals surface area contributed by atoms with E-state index >= 15 is 0 Å². The highest BCUT2D eigenvalue weighted by Gasteiger charge is 2.35. The molecule has 3 N–H and O–H groups in total. The zero-order valence-electron chi connectivity index (χ0n) is 22.5. The van der Waals surface area contributed by atoms with Crippen molar-refractivity contribution in [1.82, 2.24) is 10.6 Å². The van der Waals surface area contributed by atoms with Crippen LogP contribution in [0.2, 0.25) is 0 Å². The van der Waals surface area contributed by atoms with Gasteiger partial charge in [-0.25, -0.2) is 4.79 Å². The first-order valence-electron chi connectivity index (χ1n) is 12.4. The number of hydrogen-bond acceptors (Lipinski definition) is 8. The molecule has 1 aromatic carbocycles. The van der Waals surface area contributed by atoms with Crippen LogP contribution in [-0.4, -0.2) is 71.2 Å². The molecular formula is C26H39N3O7S. The first kappa shape index (κ1) is 30.4. The third kappa shape index (κ3) is 10.6. The van der Waals surface area contributed by atoms with Crippen molar-refractivity contribution in [1.29, 1.82) is 0 Å². The number of unbranched alkanes of at least 4 members (excludes halogenated alkanes) is 1. The minimum Gasteiger partial charge on any atom is -0.480 e. The molecule has 11 heteroatoms. The molecule has 10 nitrogen and oxygen atoms in total. The van der Waals surface area contributed by atoms with E-state index in [0.29, 0.717) is 30.8 Å². The lowest BCUT2D eigenvalue weighted by Crippen LogP contribution is -2.54. The summed E-state index contributed by atoms with van der Waals surface area (Å²) in [4.78, 5) is 52.0. The number of aliphatic carboxylic acids is 1. The smallest absolute Gasteiger partial charge is 0.407 e. The number of nitrogens with one attached hydrogen (secondary N) is 2. The van der Waals surface area contributed by atoms with Crippen molar-refractivity contribution in [2.24, 2.45) is 0 Å². The molecule has 37 heavy (non-hydrogen) atoms. The minimum atomic E-state index is -1.07. The Morgan fingerprint density at radius 2 is 1.73 bits per heavy atom. The van der Waals surface area contributed by atoms with E-state index in [4.69, 9.17) is 9.47 Å². The molecule has 206 valence electrons. The Morgan fingerprint density at radius 1 is 1.08 bits per heavy atom. The Hall–Kier alpha value is -2.79. The van der Waals surface area contributed by atoms with E-state index in [-0.39, 0.29) is 18.9 Å². The standard InChI is InChI=1S/C26H39N3O7S/c1-25(2,3)35-21(30)15-29-19-12-7-8-13-20(19)37-16-18(22(29)31)28-17(23(32)33)11-9-10-14-27-24(34)36-26(4,5)6/h7-8,12-13,17-18,28H,9-11,14-16H2,1-6H3,(H,27,34)(H,32,33)/t17-,18-/m0/s1. The van der Waals surface area contributed by atoms with Gasteiger partial charge in [0.15, 0.2) is 0 Å². The molecule has 2 amide bonds. The van der Waals surface area contributed by atoms with Crippen LogP contribution in [0.4, 0.5) is 10.5 Å². The fraction of sp³-hybridized carbons (Fsp3) is 0.615. The van der Waals surface area contributed by atoms with Crippen LogP contribution in [0, 0.1) is 0 Å². The number of hydrogen-bond donors (Lipinski definition) is 3. The van der Waals surface area contributed by atoms with Crippen molar-refractivity contribution in [2.75, 3.05) is 23.7 Å². The number of carbonyl (C=O) groups excluding carboxylic acids is 3. The van der Waals surface area contributed by atoms with Crippen molar-refractivity contribution in [2.45, 2.75) is 89.0 Å². The van der Waals surface area contributed by atoms with Crippen LogP contribution in [0.5, 0.6) is 0 Å². The zero-order chi connectivity index (χ0) is 27.8. The number of nitrogens with zero attached hydrogens (tertiary/aromatic N) is 1. The highest BCUT2D eigenvalue weighted by Crippen LogP contribution is 2.34. The van der Waals surface area contributed by atoms with E-state index in [1.165, 1.54) is 16.7 Å². The summed E-state index contributed by atoms with van der Waals surface area (Å²) in [6.07, 6.45) is 0.800. The lowest BCUT2D eigenvalue weighted by atomic mass is 10.1. The number of fused-ring (bicyclic) bond motifs is 1. The van der Waals surface area contributed by atoms with Crippen LogP contribution < -0.4 is 15.5 Å². The predicted molar refractivity (Wildman–Crippen MR) is 142 cm³/mol. The van der Waals surface area contributed by atoms with Gasteiger partial charge in [0.25, 0.3) is 0 Å². The Morgan fingerprint density at radius 3 is 2.35 bits per heavy atom. The first-order chi connectivity index (χ1) is 17.2. The van der Waals surface area contributed by atoms with Crippen molar-refractivity contribution >= 4 is 41.4 Å². The number of carboxylic acids is 1. The Labute approximate surface area is 222 Å². The number of para-hydroxylation sites is 1. The van der Waals surface area contributed by atoms with Crippen molar-refractivity contribution < 1.29 is 33.8 Å². The second kappa shape index (κ2) is 13.1. The van der Waals surface area contributed by atoms with Gasteiger partial charge in [-0.2, -0.15) is 0 Å². The number of ether oxygens (including phenoxy) is 2. The van der Waals surface area contributed by atoms with Crippen molar-refractivity contribution in [3.8, 4) is 0 Å². The van der Waals surface area contributed by atoms with Crippen LogP contribution in [0.3, 0.4) is 0 Å². The molecule has 0 spiro atoms. The molecule has 1 aliphatic rings. The first-order valence-corrected chi connectivity index (χ1v) is 13.4. The summed E-state index contributed by atoms with van der Waals surface area (Å²) in [7, 11) is 0. The van der Waals surface area contributed by atoms with Gasteiger partial charge in [-0.15, -0.1) is 11.8 Å². The predicted octanol–water partition coefficient (Wildman–Crippen LogP) is 3.57. The molecule has 0 saturated carbocycles. The van der Waals surface area contributed by atoms with E-state index in [1.807, 2.05) is 12.1 Å². The monoisotopic (exact) mass is 537 g/mol. The topological polar surface area (TPSA) is 134 Å². The molecule has 0 fully saturated rings. The second-order valence-electron chi connectivity index (χ2n) is 10.8. The average Bonchev–Trinajstić information content (AvgIpc) is 2.87. The number of carboxylic acid groups (broad SMARTS) is 1. The molecule has 1 aliphatic heterocycles. The lowest BCUT2D eigenvalue weighted by molar-refractivity contribution is -0.153. The lowest BCUT2D eigenvalue weighted by Gasteiger charge is -2.28. The number of thioether (sulfide) groups is 1. The average molecular weight is 538 g/mol. The molecule has 2 rings (SSSR count). The van der Waals surface area contributed by atoms with Crippen molar-refractivity contribution in [3.63, 3.8) is 0 Å². The van der Waals surface area contributed by atoms with Crippen LogP contribution in [-0.2, 0) is 23.9 Å². The van der Waals surface area contributed by atoms with E-state index in [2.05, 4.69) is 10.6 Å². The van der Waals surface area contributed by atoms with Gasteiger partial charge in [-0.3, -0.25) is 24.6 Å². The van der Waals surface area contributed by atoms with Gasteiger partial charge in [0, 0.05) is 17.2 Å². The van der Waals surface area contributed by atoms with Gasteiger partial charge in [0.05, 0.1) is 11.7 Å². The van der Waals surface area contributed by atoms with Gasteiger partial charge in [-0.1, -0.05) is 12.1 Å². The van der Waals surface area contributed by atoms with Gasteiger partial charge in [0.1, 0.15) is 23.8 Å². The molecule has 1 aromatic rings. The van der Waals surface area contributed by atoms with Crippen LogP contribution in [0.15, 0.2) is 29.2 Å². The number of anilines is 1. The van der Waals surface area contributed by atoms with Gasteiger partial charge >= 0.3 is 18.0 Å². The number of rotatable bonds is 10. The van der Waals surface area contributed by atoms with E-state index < -0.39 is 41.3 Å². The SMILES string of the molecule is CC(C)(C)OC(=O)CN1C(=O)[C@@H](N[C@@H](CCCCNC(=O)OC(C)(C)C)C(=O)O)CSc2ccccc21.